The van der Waals surface area contributed by atoms with Crippen LogP contribution in [0.3, 0.4) is 0 Å². The maximum absolute atomic E-state index is 11.6. The summed E-state index contributed by atoms with van der Waals surface area (Å²) in [6.45, 7) is 3.21. The first kappa shape index (κ1) is 11.0. The van der Waals surface area contributed by atoms with Gasteiger partial charge in [-0.05, 0) is 36.9 Å². The van der Waals surface area contributed by atoms with Crippen LogP contribution in [0.1, 0.15) is 36.8 Å². The number of hydrogen-bond donors (Lipinski definition) is 0. The van der Waals surface area contributed by atoms with Crippen LogP contribution in [-0.4, -0.2) is 17.2 Å². The number of fused-ring (bicyclic) bond motifs is 1. The molecule has 1 unspecified atom stereocenters. The van der Waals surface area contributed by atoms with Gasteiger partial charge in [-0.3, -0.25) is 9.69 Å². The van der Waals surface area contributed by atoms with Gasteiger partial charge in [0.05, 0.1) is 0 Å². The third-order valence-electron chi connectivity index (χ3n) is 4.13. The second-order valence-corrected chi connectivity index (χ2v) is 5.32. The minimum Gasteiger partial charge on any atom is -0.299 e. The minimum atomic E-state index is 0.360. The highest BCUT2D eigenvalue weighted by Crippen LogP contribution is 2.27. The molecule has 1 heterocycles. The number of hydrogen-bond acceptors (Lipinski definition) is 2. The van der Waals surface area contributed by atoms with Gasteiger partial charge in [0, 0.05) is 25.4 Å². The number of carbonyl (C=O) groups excluding carboxylic acids is 1. The van der Waals surface area contributed by atoms with Crippen LogP contribution in [0, 0.1) is 5.92 Å². The molecule has 1 aliphatic carbocycles. The lowest BCUT2D eigenvalue weighted by Gasteiger charge is -2.16. The van der Waals surface area contributed by atoms with Crippen LogP contribution >= 0.6 is 0 Å². The zero-order valence-electron chi connectivity index (χ0n) is 10.2. The van der Waals surface area contributed by atoms with E-state index in [-0.39, 0.29) is 0 Å². The van der Waals surface area contributed by atoms with Gasteiger partial charge in [-0.2, -0.15) is 0 Å². The van der Waals surface area contributed by atoms with Crippen molar-refractivity contribution in [1.29, 1.82) is 0 Å². The van der Waals surface area contributed by atoms with E-state index in [0.717, 1.165) is 45.3 Å². The molecule has 0 aromatic heterocycles. The molecule has 0 saturated heterocycles. The molecule has 0 N–H and O–H groups in total. The normalized spacial score (nSPS) is 24.2. The van der Waals surface area contributed by atoms with Gasteiger partial charge in [0.2, 0.25) is 0 Å². The van der Waals surface area contributed by atoms with Crippen LogP contribution < -0.4 is 0 Å². The Kier molecular flexibility index (Phi) is 2.98. The Morgan fingerprint density at radius 2 is 1.88 bits per heavy atom. The summed E-state index contributed by atoms with van der Waals surface area (Å²) < 4.78 is 0. The Balaban J connectivity index is 1.54. The smallest absolute Gasteiger partial charge is 0.136 e. The van der Waals surface area contributed by atoms with Crippen molar-refractivity contribution in [1.82, 2.24) is 4.90 Å². The van der Waals surface area contributed by atoms with Gasteiger partial charge in [0.25, 0.3) is 0 Å². The van der Waals surface area contributed by atoms with Gasteiger partial charge in [0.1, 0.15) is 5.78 Å². The third kappa shape index (κ3) is 2.27. The second kappa shape index (κ2) is 4.61. The van der Waals surface area contributed by atoms with E-state index in [1.807, 2.05) is 0 Å². The van der Waals surface area contributed by atoms with Crippen molar-refractivity contribution >= 4 is 5.78 Å². The lowest BCUT2D eigenvalue weighted by molar-refractivity contribution is -0.120. The summed E-state index contributed by atoms with van der Waals surface area (Å²) in [4.78, 5) is 14.0. The summed E-state index contributed by atoms with van der Waals surface area (Å²) in [7, 11) is 0. The highest BCUT2D eigenvalue weighted by Gasteiger charge is 2.25. The summed E-state index contributed by atoms with van der Waals surface area (Å²) in [6, 6.07) is 8.66. The van der Waals surface area contributed by atoms with E-state index < -0.39 is 0 Å². The van der Waals surface area contributed by atoms with Crippen LogP contribution in [0.2, 0.25) is 0 Å². The van der Waals surface area contributed by atoms with Crippen molar-refractivity contribution in [2.45, 2.75) is 38.8 Å². The number of benzene rings is 1. The molecule has 2 heteroatoms. The highest BCUT2D eigenvalue weighted by atomic mass is 16.1. The van der Waals surface area contributed by atoms with E-state index >= 15 is 0 Å². The van der Waals surface area contributed by atoms with Gasteiger partial charge in [-0.1, -0.05) is 24.3 Å². The molecule has 1 aromatic rings. The lowest BCUT2D eigenvalue weighted by atomic mass is 10.0. The van der Waals surface area contributed by atoms with Crippen molar-refractivity contribution in [3.05, 3.63) is 35.4 Å². The van der Waals surface area contributed by atoms with Crippen molar-refractivity contribution < 1.29 is 4.79 Å². The average molecular weight is 229 g/mol. The van der Waals surface area contributed by atoms with E-state index in [2.05, 4.69) is 29.2 Å². The molecular weight excluding hydrogens is 210 g/mol. The van der Waals surface area contributed by atoms with Gasteiger partial charge < -0.3 is 0 Å². The van der Waals surface area contributed by atoms with Crippen LogP contribution in [0.5, 0.6) is 0 Å². The van der Waals surface area contributed by atoms with E-state index in [9.17, 15) is 4.79 Å². The molecule has 0 spiro atoms. The first-order valence-corrected chi connectivity index (χ1v) is 6.65. The Hall–Kier alpha value is -1.15. The molecule has 0 radical (unpaired) electrons. The monoisotopic (exact) mass is 229 g/mol. The largest absolute Gasteiger partial charge is 0.299 e. The van der Waals surface area contributed by atoms with Crippen LogP contribution in [0.4, 0.5) is 0 Å². The molecule has 1 atom stereocenters. The Labute approximate surface area is 103 Å². The van der Waals surface area contributed by atoms with Gasteiger partial charge in [-0.15, -0.1) is 0 Å². The number of rotatable bonds is 3. The fraction of sp³-hybridized carbons (Fsp3) is 0.533. The van der Waals surface area contributed by atoms with Gasteiger partial charge in [-0.25, -0.2) is 0 Å². The molecule has 3 rings (SSSR count). The van der Waals surface area contributed by atoms with Crippen molar-refractivity contribution in [3.8, 4) is 0 Å². The maximum Gasteiger partial charge on any atom is 0.136 e. The lowest BCUT2D eigenvalue weighted by Crippen LogP contribution is -2.21. The van der Waals surface area contributed by atoms with Crippen molar-refractivity contribution in [2.24, 2.45) is 5.92 Å². The predicted molar refractivity (Wildman–Crippen MR) is 67.5 cm³/mol. The second-order valence-electron chi connectivity index (χ2n) is 5.32. The summed E-state index contributed by atoms with van der Waals surface area (Å²) >= 11 is 0. The molecule has 1 aliphatic heterocycles. The van der Waals surface area contributed by atoms with Gasteiger partial charge in [0.15, 0.2) is 0 Å². The molecule has 1 saturated carbocycles. The summed E-state index contributed by atoms with van der Waals surface area (Å²) in [5, 5.41) is 0. The highest BCUT2D eigenvalue weighted by molar-refractivity contribution is 5.82. The Morgan fingerprint density at radius 3 is 2.47 bits per heavy atom. The summed E-state index contributed by atoms with van der Waals surface area (Å²) in [5.41, 5.74) is 2.93. The minimum absolute atomic E-state index is 0.360. The summed E-state index contributed by atoms with van der Waals surface area (Å²) in [5.74, 6) is 0.862. The molecule has 2 nitrogen and oxygen atoms in total. The Morgan fingerprint density at radius 1 is 1.18 bits per heavy atom. The number of nitrogens with zero attached hydrogens (tertiary/aromatic N) is 1. The summed E-state index contributed by atoms with van der Waals surface area (Å²) in [6.07, 6.45) is 4.13. The molecule has 0 amide bonds. The average Bonchev–Trinajstić information content (AvgIpc) is 2.92. The third-order valence-corrected chi connectivity index (χ3v) is 4.13. The fourth-order valence-corrected chi connectivity index (χ4v) is 3.09. The molecule has 0 bridgehead atoms. The van der Waals surface area contributed by atoms with E-state index in [1.165, 1.54) is 11.1 Å². The Bertz CT molecular complexity index is 402. The molecular formula is C15H19NO. The molecule has 1 aromatic carbocycles. The zero-order chi connectivity index (χ0) is 11.7. The molecule has 1 fully saturated rings. The SMILES string of the molecule is O=C1CCCC1CCN1Cc2ccccc2C1. The van der Waals surface area contributed by atoms with Crippen LogP contribution in [-0.2, 0) is 17.9 Å². The first-order chi connectivity index (χ1) is 8.33. The molecule has 2 aliphatic rings. The number of Topliss-reactive ketones (excluding diaryl/α,β-unsaturated/α-hetero) is 1. The number of carbonyl (C=O) groups is 1. The fourth-order valence-electron chi connectivity index (χ4n) is 3.09. The predicted octanol–water partition coefficient (Wildman–Crippen LogP) is 2.76. The molecule has 17 heavy (non-hydrogen) atoms. The first-order valence-electron chi connectivity index (χ1n) is 6.65. The van der Waals surface area contributed by atoms with E-state index in [0.29, 0.717) is 11.7 Å². The number of ketones is 1. The maximum atomic E-state index is 11.6. The topological polar surface area (TPSA) is 20.3 Å². The quantitative estimate of drug-likeness (QED) is 0.794. The zero-order valence-corrected chi connectivity index (χ0v) is 10.2. The van der Waals surface area contributed by atoms with Crippen LogP contribution in [0.25, 0.3) is 0 Å². The molecule has 90 valence electrons. The van der Waals surface area contributed by atoms with E-state index in [1.54, 1.807) is 0 Å². The van der Waals surface area contributed by atoms with Crippen molar-refractivity contribution in [2.75, 3.05) is 6.54 Å². The van der Waals surface area contributed by atoms with Crippen molar-refractivity contribution in [3.63, 3.8) is 0 Å². The standard InChI is InChI=1S/C15H19NO/c17-15-7-3-6-12(15)8-9-16-10-13-4-1-2-5-14(13)11-16/h1-2,4-5,12H,3,6-11H2. The van der Waals surface area contributed by atoms with Gasteiger partial charge >= 0.3 is 0 Å². The van der Waals surface area contributed by atoms with Crippen LogP contribution in [0.15, 0.2) is 24.3 Å². The van der Waals surface area contributed by atoms with E-state index in [4.69, 9.17) is 0 Å².